The second kappa shape index (κ2) is 13.2. The highest BCUT2D eigenvalue weighted by Gasteiger charge is 2.52. The van der Waals surface area contributed by atoms with Crippen molar-refractivity contribution in [1.29, 1.82) is 0 Å². The Bertz CT molecular complexity index is 1100. The molecule has 1 aromatic rings. The highest BCUT2D eigenvalue weighted by atomic mass is 35.5. The van der Waals surface area contributed by atoms with Crippen molar-refractivity contribution in [3.8, 4) is 5.75 Å². The zero-order chi connectivity index (χ0) is 28.4. The lowest BCUT2D eigenvalue weighted by Crippen LogP contribution is -2.66. The monoisotopic (exact) mass is 596 g/mol. The Morgan fingerprint density at radius 1 is 1.10 bits per heavy atom. The van der Waals surface area contributed by atoms with Gasteiger partial charge in [-0.2, -0.15) is 0 Å². The number of hydrogen-bond donors (Lipinski definition) is 2. The smallest absolute Gasteiger partial charge is 0.262 e. The summed E-state index contributed by atoms with van der Waals surface area (Å²) in [5.41, 5.74) is 0.863. The molecule has 1 aliphatic carbocycles. The number of carbonyl (C=O) groups is 3. The first-order valence-electron chi connectivity index (χ1n) is 14.9. The van der Waals surface area contributed by atoms with Gasteiger partial charge in [0.15, 0.2) is 0 Å². The number of benzene rings is 1. The molecule has 5 rings (SSSR count). The summed E-state index contributed by atoms with van der Waals surface area (Å²) in [6.45, 7) is 3.87. The van der Waals surface area contributed by atoms with Gasteiger partial charge in [0.25, 0.3) is 5.92 Å². The van der Waals surface area contributed by atoms with Gasteiger partial charge in [-0.3, -0.25) is 19.3 Å². The number of ether oxygens (including phenoxy) is 1. The quantitative estimate of drug-likeness (QED) is 0.495. The fraction of sp³-hybridized carbons (Fsp3) is 0.700. The third-order valence-corrected chi connectivity index (χ3v) is 9.28. The highest BCUT2D eigenvalue weighted by Crippen LogP contribution is 2.37. The first kappa shape index (κ1) is 31.5. The molecule has 8 nitrogen and oxygen atoms in total. The standard InChI is InChI=1S/C30H42F2N4O4.ClH/c1-3-19(2)27(37)34-26(20-9-5-4-6-10-20)29(39)36-16-21-15-30(31,32)18-35(21)17-24(36)28(38)33-23-13-14-40-25-12-8-7-11-22(23)25;/h7-8,11-12,19-21,23-24,26H,3-6,9-10,13-18H2,1-2H3,(H,33,38)(H,34,37);1H/t19-,21-,23-,24+,26+;/m1./s1. The summed E-state index contributed by atoms with van der Waals surface area (Å²) in [5, 5.41) is 6.13. The lowest BCUT2D eigenvalue weighted by atomic mass is 9.82. The molecule has 41 heavy (non-hydrogen) atoms. The molecule has 0 unspecified atom stereocenters. The van der Waals surface area contributed by atoms with Crippen LogP contribution in [0, 0.1) is 11.8 Å². The van der Waals surface area contributed by atoms with Crippen LogP contribution in [-0.2, 0) is 14.4 Å². The van der Waals surface area contributed by atoms with E-state index in [4.69, 9.17) is 4.74 Å². The molecule has 5 atom stereocenters. The minimum Gasteiger partial charge on any atom is -0.493 e. The number of alkyl halides is 2. The fourth-order valence-corrected chi connectivity index (χ4v) is 6.77. The Hall–Kier alpha value is -2.46. The number of amides is 3. The molecule has 2 N–H and O–H groups in total. The third kappa shape index (κ3) is 6.96. The van der Waals surface area contributed by atoms with Crippen LogP contribution in [0.5, 0.6) is 5.75 Å². The maximum absolute atomic E-state index is 14.5. The maximum atomic E-state index is 14.5. The number of para-hydroxylation sites is 1. The topological polar surface area (TPSA) is 91.0 Å². The van der Waals surface area contributed by atoms with E-state index < -0.39 is 30.6 Å². The number of piperazine rings is 1. The van der Waals surface area contributed by atoms with E-state index in [1.807, 2.05) is 38.1 Å². The molecule has 0 radical (unpaired) electrons. The van der Waals surface area contributed by atoms with Crippen LogP contribution in [0.3, 0.4) is 0 Å². The minimum absolute atomic E-state index is 0. The van der Waals surface area contributed by atoms with Crippen LogP contribution < -0.4 is 15.4 Å². The molecule has 3 heterocycles. The van der Waals surface area contributed by atoms with Gasteiger partial charge in [-0.1, -0.05) is 51.3 Å². The van der Waals surface area contributed by atoms with Crippen LogP contribution >= 0.6 is 12.4 Å². The predicted molar refractivity (Wildman–Crippen MR) is 153 cm³/mol. The number of halogens is 3. The van der Waals surface area contributed by atoms with E-state index in [1.165, 1.54) is 4.90 Å². The van der Waals surface area contributed by atoms with Crippen molar-refractivity contribution in [1.82, 2.24) is 20.4 Å². The van der Waals surface area contributed by atoms with Crippen molar-refractivity contribution in [2.24, 2.45) is 11.8 Å². The fourth-order valence-electron chi connectivity index (χ4n) is 6.77. The van der Waals surface area contributed by atoms with Gasteiger partial charge in [0, 0.05) is 43.5 Å². The Morgan fingerprint density at radius 2 is 1.83 bits per heavy atom. The van der Waals surface area contributed by atoms with Crippen LogP contribution in [0.15, 0.2) is 24.3 Å². The van der Waals surface area contributed by atoms with Crippen molar-refractivity contribution in [3.05, 3.63) is 29.8 Å². The Morgan fingerprint density at radius 3 is 2.56 bits per heavy atom. The van der Waals surface area contributed by atoms with E-state index >= 15 is 0 Å². The lowest BCUT2D eigenvalue weighted by Gasteiger charge is -2.45. The summed E-state index contributed by atoms with van der Waals surface area (Å²) < 4.78 is 34.7. The predicted octanol–water partition coefficient (Wildman–Crippen LogP) is 4.08. The molecule has 3 amide bonds. The lowest BCUT2D eigenvalue weighted by molar-refractivity contribution is -0.150. The molecule has 0 spiro atoms. The van der Waals surface area contributed by atoms with E-state index in [2.05, 4.69) is 10.6 Å². The van der Waals surface area contributed by atoms with Crippen LogP contribution in [0.2, 0.25) is 0 Å². The molecule has 2 saturated heterocycles. The normalized spacial score (nSPS) is 27.3. The van der Waals surface area contributed by atoms with Crippen molar-refractivity contribution in [3.63, 3.8) is 0 Å². The van der Waals surface area contributed by atoms with Crippen molar-refractivity contribution in [2.45, 2.75) is 95.3 Å². The number of rotatable bonds is 7. The molecule has 1 aromatic carbocycles. The SMILES string of the molecule is CC[C@@H](C)C(=O)N[C@H](C(=O)N1C[C@H]2CC(F)(F)CN2C[C@H]1C(=O)N[C@@H]1CCOc2ccccc21)C1CCCCC1.Cl. The number of hydrogen-bond acceptors (Lipinski definition) is 5. The van der Waals surface area contributed by atoms with Crippen molar-refractivity contribution < 1.29 is 27.9 Å². The van der Waals surface area contributed by atoms with Gasteiger partial charge in [-0.15, -0.1) is 12.4 Å². The van der Waals surface area contributed by atoms with Gasteiger partial charge in [0.2, 0.25) is 17.7 Å². The summed E-state index contributed by atoms with van der Waals surface area (Å²) in [7, 11) is 0. The average molecular weight is 597 g/mol. The summed E-state index contributed by atoms with van der Waals surface area (Å²) in [4.78, 5) is 44.3. The summed E-state index contributed by atoms with van der Waals surface area (Å²) in [6.07, 6.45) is 5.54. The van der Waals surface area contributed by atoms with E-state index in [1.54, 1.807) is 4.90 Å². The molecule has 0 aromatic heterocycles. The first-order chi connectivity index (χ1) is 19.2. The summed E-state index contributed by atoms with van der Waals surface area (Å²) in [5.74, 6) is -3.32. The molecule has 3 fully saturated rings. The van der Waals surface area contributed by atoms with Crippen molar-refractivity contribution in [2.75, 3.05) is 26.2 Å². The molecule has 11 heteroatoms. The minimum atomic E-state index is -2.86. The Kier molecular flexibility index (Phi) is 10.2. The maximum Gasteiger partial charge on any atom is 0.262 e. The van der Waals surface area contributed by atoms with E-state index in [0.29, 0.717) is 25.2 Å². The van der Waals surface area contributed by atoms with Crippen LogP contribution in [0.4, 0.5) is 8.78 Å². The molecule has 3 aliphatic heterocycles. The van der Waals surface area contributed by atoms with E-state index in [9.17, 15) is 23.2 Å². The summed E-state index contributed by atoms with van der Waals surface area (Å²) in [6, 6.07) is 5.00. The molecule has 228 valence electrons. The second-order valence-corrected chi connectivity index (χ2v) is 12.1. The Labute approximate surface area is 247 Å². The van der Waals surface area contributed by atoms with Crippen molar-refractivity contribution >= 4 is 30.1 Å². The van der Waals surface area contributed by atoms with E-state index in [-0.39, 0.29) is 67.5 Å². The van der Waals surface area contributed by atoms with Gasteiger partial charge in [0.1, 0.15) is 17.8 Å². The Balaban J connectivity index is 0.00000387. The first-order valence-corrected chi connectivity index (χ1v) is 14.9. The molecular weight excluding hydrogens is 554 g/mol. The molecular formula is C30H43ClF2N4O4. The number of nitrogens with one attached hydrogen (secondary N) is 2. The van der Waals surface area contributed by atoms with Gasteiger partial charge >= 0.3 is 0 Å². The van der Waals surface area contributed by atoms with Gasteiger partial charge in [-0.05, 0) is 31.2 Å². The van der Waals surface area contributed by atoms with Gasteiger partial charge in [0.05, 0.1) is 19.2 Å². The average Bonchev–Trinajstić information content (AvgIpc) is 3.27. The number of nitrogens with zero attached hydrogens (tertiary/aromatic N) is 2. The zero-order valence-electron chi connectivity index (χ0n) is 24.0. The van der Waals surface area contributed by atoms with Gasteiger partial charge < -0.3 is 20.3 Å². The number of fused-ring (bicyclic) bond motifs is 2. The molecule has 1 saturated carbocycles. The third-order valence-electron chi connectivity index (χ3n) is 9.28. The van der Waals surface area contributed by atoms with Crippen LogP contribution in [-0.4, -0.2) is 77.8 Å². The molecule has 4 aliphatic rings. The number of carbonyl (C=O) groups excluding carboxylic acids is 3. The largest absolute Gasteiger partial charge is 0.493 e. The van der Waals surface area contributed by atoms with Crippen LogP contribution in [0.25, 0.3) is 0 Å². The van der Waals surface area contributed by atoms with E-state index in [0.717, 1.165) is 37.7 Å². The summed E-state index contributed by atoms with van der Waals surface area (Å²) >= 11 is 0. The van der Waals surface area contributed by atoms with Gasteiger partial charge in [-0.25, -0.2) is 8.78 Å². The highest BCUT2D eigenvalue weighted by molar-refractivity contribution is 5.93. The second-order valence-electron chi connectivity index (χ2n) is 12.1. The van der Waals surface area contributed by atoms with Crippen LogP contribution in [0.1, 0.15) is 76.8 Å². The zero-order valence-corrected chi connectivity index (χ0v) is 24.8. The molecule has 0 bridgehead atoms.